The Bertz CT molecular complexity index is 638. The molecule has 2 fully saturated rings. The second-order valence-corrected chi connectivity index (χ2v) is 7.86. The maximum atomic E-state index is 12.6. The van der Waals surface area contributed by atoms with Crippen molar-refractivity contribution in [3.63, 3.8) is 0 Å². The topological polar surface area (TPSA) is 35.6 Å². The Kier molecular flexibility index (Phi) is 6.18. The van der Waals surface area contributed by atoms with Gasteiger partial charge in [-0.2, -0.15) is 0 Å². The first kappa shape index (κ1) is 18.5. The van der Waals surface area contributed by atoms with Gasteiger partial charge in [0.1, 0.15) is 0 Å². The van der Waals surface area contributed by atoms with Crippen LogP contribution in [0, 0.1) is 12.8 Å². The van der Waals surface area contributed by atoms with Crippen LogP contribution in [0.4, 0.5) is 5.69 Å². The van der Waals surface area contributed by atoms with Crippen LogP contribution in [0.5, 0.6) is 0 Å². The van der Waals surface area contributed by atoms with Crippen molar-refractivity contribution in [2.75, 3.05) is 31.5 Å². The molecule has 6 heteroatoms. The summed E-state index contributed by atoms with van der Waals surface area (Å²) in [6.07, 6.45) is 5.81. The molecule has 1 aliphatic heterocycles. The number of nitrogens with zero attached hydrogens (tertiary/aromatic N) is 2. The van der Waals surface area contributed by atoms with Gasteiger partial charge in [0.2, 0.25) is 5.91 Å². The van der Waals surface area contributed by atoms with Gasteiger partial charge in [-0.05, 0) is 55.7 Å². The summed E-state index contributed by atoms with van der Waals surface area (Å²) in [6, 6.07) is 5.74. The smallest absolute Gasteiger partial charge is 0.225 e. The van der Waals surface area contributed by atoms with Crippen LogP contribution < -0.4 is 5.32 Å². The fourth-order valence-electron chi connectivity index (χ4n) is 3.70. The summed E-state index contributed by atoms with van der Waals surface area (Å²) in [5.74, 6) is 0.605. The number of amides is 1. The number of piperazine rings is 1. The van der Waals surface area contributed by atoms with E-state index in [4.69, 9.17) is 23.8 Å². The van der Waals surface area contributed by atoms with E-state index in [2.05, 4.69) is 10.2 Å². The lowest BCUT2D eigenvalue weighted by Gasteiger charge is -2.38. The van der Waals surface area contributed by atoms with Crippen LogP contribution in [-0.4, -0.2) is 47.0 Å². The second kappa shape index (κ2) is 8.37. The number of nitrogens with one attached hydrogen (secondary N) is 1. The van der Waals surface area contributed by atoms with Gasteiger partial charge in [-0.1, -0.05) is 30.9 Å². The fraction of sp³-hybridized carbons (Fsp3) is 0.579. The molecule has 4 nitrogen and oxygen atoms in total. The van der Waals surface area contributed by atoms with Crippen LogP contribution in [0.1, 0.15) is 37.7 Å². The molecule has 1 saturated heterocycles. The van der Waals surface area contributed by atoms with Crippen LogP contribution >= 0.6 is 23.8 Å². The van der Waals surface area contributed by atoms with Gasteiger partial charge < -0.3 is 15.1 Å². The van der Waals surface area contributed by atoms with Gasteiger partial charge in [0.25, 0.3) is 0 Å². The molecule has 1 saturated carbocycles. The van der Waals surface area contributed by atoms with Gasteiger partial charge >= 0.3 is 0 Å². The first-order valence-electron chi connectivity index (χ1n) is 9.15. The van der Waals surface area contributed by atoms with Gasteiger partial charge in [0.05, 0.1) is 0 Å². The number of carbonyl (C=O) groups excluding carboxylic acids is 1. The highest BCUT2D eigenvalue weighted by atomic mass is 35.5. The van der Waals surface area contributed by atoms with E-state index < -0.39 is 0 Å². The molecule has 1 aromatic rings. The average molecular weight is 380 g/mol. The minimum atomic E-state index is 0.252. The number of hydrogen-bond acceptors (Lipinski definition) is 2. The summed E-state index contributed by atoms with van der Waals surface area (Å²) >= 11 is 11.6. The molecule has 0 radical (unpaired) electrons. The standard InChI is InChI=1S/C19H26ClN3OS/c1-14-13-16(20)7-8-17(14)21-19(25)23-11-9-22(10-12-23)18(24)15-5-3-2-4-6-15/h7-8,13,15H,2-6,9-12H2,1H3,(H,21,25). The van der Waals surface area contributed by atoms with Crippen molar-refractivity contribution in [2.24, 2.45) is 5.92 Å². The van der Waals surface area contributed by atoms with E-state index >= 15 is 0 Å². The van der Waals surface area contributed by atoms with Crippen molar-refractivity contribution in [1.29, 1.82) is 0 Å². The Morgan fingerprint density at radius 2 is 1.76 bits per heavy atom. The normalized spacial score (nSPS) is 19.0. The average Bonchev–Trinajstić information content (AvgIpc) is 2.64. The lowest BCUT2D eigenvalue weighted by atomic mass is 9.88. The Morgan fingerprint density at radius 3 is 2.40 bits per heavy atom. The number of thiocarbonyl (C=S) groups is 1. The van der Waals surface area contributed by atoms with Crippen LogP contribution in [-0.2, 0) is 4.79 Å². The fourth-order valence-corrected chi connectivity index (χ4v) is 4.22. The van der Waals surface area contributed by atoms with Crippen molar-refractivity contribution in [2.45, 2.75) is 39.0 Å². The molecule has 1 amide bonds. The number of hydrogen-bond donors (Lipinski definition) is 1. The number of rotatable bonds is 2. The first-order chi connectivity index (χ1) is 12.0. The largest absolute Gasteiger partial charge is 0.345 e. The monoisotopic (exact) mass is 379 g/mol. The predicted molar refractivity (Wildman–Crippen MR) is 107 cm³/mol. The molecule has 0 bridgehead atoms. The summed E-state index contributed by atoms with van der Waals surface area (Å²) in [7, 11) is 0. The number of aryl methyl sites for hydroxylation is 1. The maximum absolute atomic E-state index is 12.6. The molecule has 136 valence electrons. The molecule has 0 spiro atoms. The summed E-state index contributed by atoms with van der Waals surface area (Å²) in [4.78, 5) is 16.8. The first-order valence-corrected chi connectivity index (χ1v) is 9.94. The van der Waals surface area contributed by atoms with Gasteiger partial charge in [-0.25, -0.2) is 0 Å². The van der Waals surface area contributed by atoms with Crippen molar-refractivity contribution in [1.82, 2.24) is 9.80 Å². The van der Waals surface area contributed by atoms with Gasteiger partial charge in [-0.15, -0.1) is 0 Å². The number of anilines is 1. The summed E-state index contributed by atoms with van der Waals surface area (Å²) in [5, 5.41) is 4.75. The quantitative estimate of drug-likeness (QED) is 0.785. The Labute approximate surface area is 160 Å². The summed E-state index contributed by atoms with van der Waals surface area (Å²) < 4.78 is 0. The Morgan fingerprint density at radius 1 is 1.12 bits per heavy atom. The van der Waals surface area contributed by atoms with Crippen molar-refractivity contribution >= 4 is 40.5 Å². The van der Waals surface area contributed by atoms with E-state index in [1.165, 1.54) is 19.3 Å². The number of benzene rings is 1. The molecule has 0 unspecified atom stereocenters. The van der Waals surface area contributed by atoms with E-state index in [-0.39, 0.29) is 5.92 Å². The van der Waals surface area contributed by atoms with Gasteiger partial charge in [0, 0.05) is 42.8 Å². The molecule has 0 atom stereocenters. The zero-order chi connectivity index (χ0) is 17.8. The second-order valence-electron chi connectivity index (χ2n) is 7.04. The third-order valence-corrected chi connectivity index (χ3v) is 5.86. The zero-order valence-electron chi connectivity index (χ0n) is 14.8. The van der Waals surface area contributed by atoms with Crippen molar-refractivity contribution in [3.8, 4) is 0 Å². The number of halogens is 1. The lowest BCUT2D eigenvalue weighted by Crippen LogP contribution is -2.53. The van der Waals surface area contributed by atoms with Gasteiger partial charge in [-0.3, -0.25) is 4.79 Å². The SMILES string of the molecule is Cc1cc(Cl)ccc1NC(=S)N1CCN(C(=O)C2CCCCC2)CC1. The van der Waals surface area contributed by atoms with E-state index in [1.807, 2.05) is 30.0 Å². The molecule has 1 heterocycles. The van der Waals surface area contributed by atoms with Crippen LogP contribution in [0.15, 0.2) is 18.2 Å². The summed E-state index contributed by atoms with van der Waals surface area (Å²) in [5.41, 5.74) is 2.05. The Hall–Kier alpha value is -1.33. The minimum Gasteiger partial charge on any atom is -0.345 e. The van der Waals surface area contributed by atoms with Crippen LogP contribution in [0.3, 0.4) is 0 Å². The van der Waals surface area contributed by atoms with E-state index in [1.54, 1.807) is 0 Å². The molecule has 3 rings (SSSR count). The third-order valence-electron chi connectivity index (χ3n) is 5.26. The zero-order valence-corrected chi connectivity index (χ0v) is 16.3. The molecular formula is C19H26ClN3OS. The van der Waals surface area contributed by atoms with E-state index in [0.717, 1.165) is 60.4 Å². The molecule has 1 N–H and O–H groups in total. The van der Waals surface area contributed by atoms with E-state index in [0.29, 0.717) is 5.91 Å². The third kappa shape index (κ3) is 4.64. The minimum absolute atomic E-state index is 0.252. The van der Waals surface area contributed by atoms with Crippen LogP contribution in [0.25, 0.3) is 0 Å². The van der Waals surface area contributed by atoms with Crippen molar-refractivity contribution < 1.29 is 4.79 Å². The highest BCUT2D eigenvalue weighted by Gasteiger charge is 2.29. The Balaban J connectivity index is 1.51. The van der Waals surface area contributed by atoms with Crippen molar-refractivity contribution in [3.05, 3.63) is 28.8 Å². The molecular weight excluding hydrogens is 354 g/mol. The lowest BCUT2D eigenvalue weighted by molar-refractivity contribution is -0.137. The molecule has 2 aliphatic rings. The number of carbonyl (C=O) groups is 1. The van der Waals surface area contributed by atoms with Crippen LogP contribution in [0.2, 0.25) is 5.02 Å². The maximum Gasteiger partial charge on any atom is 0.225 e. The predicted octanol–water partition coefficient (Wildman–Crippen LogP) is 4.07. The highest BCUT2D eigenvalue weighted by Crippen LogP contribution is 2.26. The van der Waals surface area contributed by atoms with E-state index in [9.17, 15) is 4.79 Å². The molecule has 1 aromatic carbocycles. The van der Waals surface area contributed by atoms with Gasteiger partial charge in [0.15, 0.2) is 5.11 Å². The highest BCUT2D eigenvalue weighted by molar-refractivity contribution is 7.80. The molecule has 0 aromatic heterocycles. The molecule has 1 aliphatic carbocycles. The summed E-state index contributed by atoms with van der Waals surface area (Å²) in [6.45, 7) is 5.11. The molecule has 25 heavy (non-hydrogen) atoms.